The van der Waals surface area contributed by atoms with Gasteiger partial charge in [-0.25, -0.2) is 12.4 Å². The van der Waals surface area contributed by atoms with Crippen molar-refractivity contribution in [2.24, 2.45) is 5.92 Å². The van der Waals surface area contributed by atoms with Crippen LogP contribution in [0.2, 0.25) is 0 Å². The van der Waals surface area contributed by atoms with Crippen molar-refractivity contribution < 1.29 is 13.2 Å². The van der Waals surface area contributed by atoms with Crippen molar-refractivity contribution in [1.82, 2.24) is 3.97 Å². The van der Waals surface area contributed by atoms with Crippen molar-refractivity contribution in [3.05, 3.63) is 65.4 Å². The van der Waals surface area contributed by atoms with Gasteiger partial charge in [-0.05, 0) is 55.2 Å². The Balaban J connectivity index is 1.94. The largest absolute Gasteiger partial charge is 0.303 e. The van der Waals surface area contributed by atoms with Gasteiger partial charge in [-0.2, -0.15) is 5.26 Å². The molecule has 3 aromatic rings. The van der Waals surface area contributed by atoms with E-state index in [0.29, 0.717) is 22.9 Å². The van der Waals surface area contributed by atoms with Crippen LogP contribution < -0.4 is 0 Å². The Morgan fingerprint density at radius 1 is 1.19 bits per heavy atom. The Kier molecular flexibility index (Phi) is 3.70. The zero-order valence-corrected chi connectivity index (χ0v) is 14.9. The maximum absolute atomic E-state index is 13.1. The summed E-state index contributed by atoms with van der Waals surface area (Å²) in [4.78, 5) is 11.3. The van der Waals surface area contributed by atoms with Gasteiger partial charge in [-0.3, -0.25) is 0 Å². The second-order valence-corrected chi connectivity index (χ2v) is 8.50. The molecule has 0 N–H and O–H groups in total. The smallest absolute Gasteiger partial charge is 0.268 e. The highest BCUT2D eigenvalue weighted by Crippen LogP contribution is 2.49. The van der Waals surface area contributed by atoms with Crippen molar-refractivity contribution in [3.63, 3.8) is 0 Å². The average Bonchev–Trinajstić information content (AvgIpc) is 3.33. The van der Waals surface area contributed by atoms with Gasteiger partial charge in [-0.15, -0.1) is 0 Å². The number of hydrogen-bond acceptors (Lipinski definition) is 4. The van der Waals surface area contributed by atoms with Gasteiger partial charge in [0.15, 0.2) is 0 Å². The molecular weight excluding hydrogens is 348 g/mol. The molecule has 1 saturated carbocycles. The standard InChI is InChI=1S/C20H16N2O3S/c1-13-2-5-16(6-3-13)26(24,25)22-11-19(17-9-15(17)12-23)18-8-14(10-21)4-7-20(18)22/h2-8,11-12,15,17H,9H2,1H3/t15-,17+/m1/s1. The lowest BCUT2D eigenvalue weighted by Gasteiger charge is -2.08. The summed E-state index contributed by atoms with van der Waals surface area (Å²) in [6.45, 7) is 1.90. The summed E-state index contributed by atoms with van der Waals surface area (Å²) in [5.41, 5.74) is 2.78. The highest BCUT2D eigenvalue weighted by Gasteiger charge is 2.40. The maximum atomic E-state index is 13.1. The summed E-state index contributed by atoms with van der Waals surface area (Å²) < 4.78 is 27.6. The van der Waals surface area contributed by atoms with E-state index in [0.717, 1.165) is 17.4 Å². The Hall–Kier alpha value is -2.91. The third-order valence-electron chi connectivity index (χ3n) is 4.92. The minimum Gasteiger partial charge on any atom is -0.303 e. The Morgan fingerprint density at radius 3 is 2.54 bits per heavy atom. The predicted molar refractivity (Wildman–Crippen MR) is 97.3 cm³/mol. The molecule has 0 spiro atoms. The van der Waals surface area contributed by atoms with E-state index in [4.69, 9.17) is 0 Å². The Bertz CT molecular complexity index is 1170. The quantitative estimate of drug-likeness (QED) is 0.665. The number of aldehydes is 1. The highest BCUT2D eigenvalue weighted by atomic mass is 32.2. The van der Waals surface area contributed by atoms with E-state index in [1.807, 2.05) is 6.92 Å². The first-order valence-electron chi connectivity index (χ1n) is 8.28. The van der Waals surface area contributed by atoms with E-state index < -0.39 is 10.0 Å². The minimum atomic E-state index is -3.77. The van der Waals surface area contributed by atoms with Crippen molar-refractivity contribution in [3.8, 4) is 6.07 Å². The summed E-state index contributed by atoms with van der Waals surface area (Å²) in [5, 5.41) is 9.90. The van der Waals surface area contributed by atoms with Crippen LogP contribution in [-0.4, -0.2) is 18.7 Å². The van der Waals surface area contributed by atoms with Gasteiger partial charge in [0, 0.05) is 17.5 Å². The third-order valence-corrected chi connectivity index (χ3v) is 6.61. The molecule has 0 aliphatic heterocycles. The fourth-order valence-corrected chi connectivity index (χ4v) is 4.71. The van der Waals surface area contributed by atoms with Gasteiger partial charge in [0.1, 0.15) is 6.29 Å². The molecule has 26 heavy (non-hydrogen) atoms. The molecule has 0 radical (unpaired) electrons. The molecule has 1 aromatic heterocycles. The van der Waals surface area contributed by atoms with Crippen LogP contribution in [0.5, 0.6) is 0 Å². The van der Waals surface area contributed by atoms with E-state index >= 15 is 0 Å². The molecule has 130 valence electrons. The second kappa shape index (κ2) is 5.82. The maximum Gasteiger partial charge on any atom is 0.268 e. The van der Waals surface area contributed by atoms with Crippen LogP contribution in [0.3, 0.4) is 0 Å². The Labute approximate surface area is 151 Å². The van der Waals surface area contributed by atoms with Crippen molar-refractivity contribution in [2.45, 2.75) is 24.2 Å². The number of nitrogens with zero attached hydrogens (tertiary/aromatic N) is 2. The normalized spacial score (nSPS) is 19.2. The summed E-state index contributed by atoms with van der Waals surface area (Å²) in [5.74, 6) is -0.0692. The first kappa shape index (κ1) is 16.6. The first-order valence-corrected chi connectivity index (χ1v) is 9.72. The second-order valence-electron chi connectivity index (χ2n) is 6.68. The number of carbonyl (C=O) groups excluding carboxylic acids is 1. The summed E-state index contributed by atoms with van der Waals surface area (Å²) >= 11 is 0. The number of fused-ring (bicyclic) bond motifs is 1. The molecule has 5 nitrogen and oxygen atoms in total. The molecule has 0 bridgehead atoms. The zero-order chi connectivity index (χ0) is 18.5. The van der Waals surface area contributed by atoms with Crippen LogP contribution in [0, 0.1) is 24.2 Å². The third kappa shape index (κ3) is 2.52. The van der Waals surface area contributed by atoms with Gasteiger partial charge in [0.25, 0.3) is 10.0 Å². The molecule has 0 saturated heterocycles. The zero-order valence-electron chi connectivity index (χ0n) is 14.1. The van der Waals surface area contributed by atoms with Crippen LogP contribution in [-0.2, 0) is 14.8 Å². The molecule has 0 unspecified atom stereocenters. The molecule has 2 atom stereocenters. The lowest BCUT2D eigenvalue weighted by Crippen LogP contribution is -2.11. The average molecular weight is 364 g/mol. The number of hydrogen-bond donors (Lipinski definition) is 0. The number of carbonyl (C=O) groups is 1. The van der Waals surface area contributed by atoms with Gasteiger partial charge in [-0.1, -0.05) is 17.7 Å². The van der Waals surface area contributed by atoms with Crippen LogP contribution in [0.25, 0.3) is 10.9 Å². The van der Waals surface area contributed by atoms with Crippen LogP contribution >= 0.6 is 0 Å². The van der Waals surface area contributed by atoms with E-state index in [9.17, 15) is 18.5 Å². The van der Waals surface area contributed by atoms with Gasteiger partial charge in [0.2, 0.25) is 0 Å². The molecule has 1 heterocycles. The van der Waals surface area contributed by atoms with E-state index in [-0.39, 0.29) is 16.7 Å². The SMILES string of the molecule is Cc1ccc(S(=O)(=O)n2cc([C@H]3C[C@@H]3C=O)c3cc(C#N)ccc32)cc1. The van der Waals surface area contributed by atoms with Gasteiger partial charge >= 0.3 is 0 Å². The number of nitriles is 1. The molecular formula is C20H16N2O3S. The molecule has 0 amide bonds. The molecule has 4 rings (SSSR count). The topological polar surface area (TPSA) is 79.9 Å². The number of benzene rings is 2. The molecule has 6 heteroatoms. The number of rotatable bonds is 4. The molecule has 2 aromatic carbocycles. The fourth-order valence-electron chi connectivity index (χ4n) is 3.34. The van der Waals surface area contributed by atoms with Crippen molar-refractivity contribution in [1.29, 1.82) is 5.26 Å². The van der Waals surface area contributed by atoms with E-state index in [2.05, 4.69) is 6.07 Å². The van der Waals surface area contributed by atoms with Crippen LogP contribution in [0.1, 0.15) is 29.0 Å². The van der Waals surface area contributed by atoms with Crippen molar-refractivity contribution >= 4 is 27.2 Å². The first-order chi connectivity index (χ1) is 12.5. The monoisotopic (exact) mass is 364 g/mol. The summed E-state index contributed by atoms with van der Waals surface area (Å²) in [6.07, 6.45) is 3.23. The van der Waals surface area contributed by atoms with E-state index in [1.54, 1.807) is 48.7 Å². The van der Waals surface area contributed by atoms with Gasteiger partial charge < -0.3 is 4.79 Å². The van der Waals surface area contributed by atoms with E-state index in [1.165, 1.54) is 3.97 Å². The van der Waals surface area contributed by atoms with Gasteiger partial charge in [0.05, 0.1) is 22.0 Å². The Morgan fingerprint density at radius 2 is 1.92 bits per heavy atom. The fraction of sp³-hybridized carbons (Fsp3) is 0.200. The highest BCUT2D eigenvalue weighted by molar-refractivity contribution is 7.90. The summed E-state index contributed by atoms with van der Waals surface area (Å²) in [7, 11) is -3.77. The van der Waals surface area contributed by atoms with Crippen LogP contribution in [0.15, 0.2) is 53.6 Å². The lowest BCUT2D eigenvalue weighted by molar-refractivity contribution is -0.108. The minimum absolute atomic E-state index is 0.0124. The molecule has 1 fully saturated rings. The van der Waals surface area contributed by atoms with Crippen LogP contribution in [0.4, 0.5) is 0 Å². The summed E-state index contributed by atoms with van der Waals surface area (Å²) in [6, 6.07) is 13.7. The molecule has 1 aliphatic carbocycles. The predicted octanol–water partition coefficient (Wildman–Crippen LogP) is 3.36. The number of aryl methyl sites for hydroxylation is 1. The lowest BCUT2D eigenvalue weighted by atomic mass is 10.1. The van der Waals surface area contributed by atoms with Crippen molar-refractivity contribution in [2.75, 3.05) is 0 Å². The molecule has 1 aliphatic rings. The number of aromatic nitrogens is 1.